The van der Waals surface area contributed by atoms with Crippen LogP contribution in [-0.4, -0.2) is 62.7 Å². The van der Waals surface area contributed by atoms with Crippen molar-refractivity contribution < 1.29 is 18.7 Å². The zero-order chi connectivity index (χ0) is 24.4. The molecule has 0 radical (unpaired) electrons. The molecule has 4 aromatic rings. The molecule has 182 valence electrons. The summed E-state index contributed by atoms with van der Waals surface area (Å²) in [6, 6.07) is 9.12. The zero-order valence-electron chi connectivity index (χ0n) is 19.7. The minimum atomic E-state index is -0.285. The number of ether oxygens (including phenoxy) is 2. The van der Waals surface area contributed by atoms with Crippen LogP contribution in [0.15, 0.2) is 49.1 Å². The molecule has 0 N–H and O–H groups in total. The fourth-order valence-corrected chi connectivity index (χ4v) is 4.74. The average Bonchev–Trinajstić information content (AvgIpc) is 3.58. The van der Waals surface area contributed by atoms with E-state index in [4.69, 9.17) is 9.47 Å². The normalized spacial score (nSPS) is 14.4. The number of aryl methyl sites for hydroxylation is 1. The van der Waals surface area contributed by atoms with E-state index < -0.39 is 0 Å². The molecule has 0 unspecified atom stereocenters. The molecular formula is C25H27FN6O3. The molecule has 35 heavy (non-hydrogen) atoms. The lowest BCUT2D eigenvalue weighted by atomic mass is 10.0. The van der Waals surface area contributed by atoms with Crippen molar-refractivity contribution in [1.29, 1.82) is 0 Å². The number of carbonyl (C=O) groups is 1. The zero-order valence-corrected chi connectivity index (χ0v) is 19.7. The van der Waals surface area contributed by atoms with Crippen molar-refractivity contribution >= 4 is 11.7 Å². The number of pyridine rings is 1. The number of amides is 1. The molecule has 3 aromatic heterocycles. The van der Waals surface area contributed by atoms with E-state index in [0.29, 0.717) is 37.2 Å². The Labute approximate surface area is 202 Å². The number of methoxy groups -OCH3 is 2. The Bertz CT molecular complexity index is 1340. The number of hydrogen-bond acceptors (Lipinski definition) is 6. The molecule has 1 saturated heterocycles. The second-order valence-electron chi connectivity index (χ2n) is 8.58. The Morgan fingerprint density at radius 3 is 2.74 bits per heavy atom. The summed E-state index contributed by atoms with van der Waals surface area (Å²) in [4.78, 5) is 13.5. The van der Waals surface area contributed by atoms with E-state index >= 15 is 0 Å². The third-order valence-corrected chi connectivity index (χ3v) is 6.65. The molecule has 0 spiro atoms. The van der Waals surface area contributed by atoms with Gasteiger partial charge in [0.2, 0.25) is 0 Å². The first-order valence-corrected chi connectivity index (χ1v) is 11.6. The second-order valence-corrected chi connectivity index (χ2v) is 8.58. The highest BCUT2D eigenvalue weighted by atomic mass is 19.1. The molecule has 0 saturated carbocycles. The van der Waals surface area contributed by atoms with Crippen LogP contribution in [0.25, 0.3) is 16.8 Å². The van der Waals surface area contributed by atoms with Crippen LogP contribution in [0.2, 0.25) is 0 Å². The number of halogens is 1. The van der Waals surface area contributed by atoms with Crippen LogP contribution in [-0.2, 0) is 17.6 Å². The highest BCUT2D eigenvalue weighted by molar-refractivity contribution is 5.76. The van der Waals surface area contributed by atoms with Gasteiger partial charge in [-0.2, -0.15) is 5.10 Å². The number of nitrogens with zero attached hydrogens (tertiary/aromatic N) is 6. The van der Waals surface area contributed by atoms with Gasteiger partial charge < -0.3 is 14.4 Å². The van der Waals surface area contributed by atoms with Crippen LogP contribution in [0.5, 0.6) is 5.75 Å². The number of rotatable bonds is 6. The monoisotopic (exact) mass is 478 g/mol. The molecule has 1 amide bonds. The third-order valence-electron chi connectivity index (χ3n) is 6.65. The van der Waals surface area contributed by atoms with Gasteiger partial charge in [-0.25, -0.2) is 9.18 Å². The van der Waals surface area contributed by atoms with Gasteiger partial charge in [-0.1, -0.05) is 6.07 Å². The lowest BCUT2D eigenvalue weighted by Gasteiger charge is -2.30. The molecule has 0 atom stereocenters. The van der Waals surface area contributed by atoms with Gasteiger partial charge in [-0.05, 0) is 49.9 Å². The fraction of sp³-hybridized carbons (Fsp3) is 0.360. The lowest BCUT2D eigenvalue weighted by Crippen LogP contribution is -2.39. The molecule has 9 nitrogen and oxygen atoms in total. The van der Waals surface area contributed by atoms with Crippen LogP contribution in [0.1, 0.15) is 30.1 Å². The number of aromatic nitrogens is 5. The summed E-state index contributed by atoms with van der Waals surface area (Å²) < 4.78 is 28.4. The SMILES string of the molecule is COC(=O)N1CCC(n2cc(-c3ccc(CCc4c(F)cccc4OC)n4cnnc34)cn2)CC1. The van der Waals surface area contributed by atoms with Crippen LogP contribution < -0.4 is 4.74 Å². The van der Waals surface area contributed by atoms with Crippen LogP contribution in [0.4, 0.5) is 9.18 Å². The van der Waals surface area contributed by atoms with E-state index in [-0.39, 0.29) is 18.0 Å². The number of carbonyl (C=O) groups excluding carboxylic acids is 1. The molecule has 1 aliphatic heterocycles. The second kappa shape index (κ2) is 9.73. The Morgan fingerprint density at radius 2 is 1.97 bits per heavy atom. The smallest absolute Gasteiger partial charge is 0.409 e. The summed E-state index contributed by atoms with van der Waals surface area (Å²) >= 11 is 0. The van der Waals surface area contributed by atoms with Gasteiger partial charge in [0.1, 0.15) is 17.9 Å². The van der Waals surface area contributed by atoms with E-state index in [9.17, 15) is 9.18 Å². The summed E-state index contributed by atoms with van der Waals surface area (Å²) in [5.74, 6) is 0.275. The molecule has 4 heterocycles. The molecule has 5 rings (SSSR count). The maximum atomic E-state index is 14.4. The Hall–Kier alpha value is -3.95. The van der Waals surface area contributed by atoms with Crippen LogP contribution in [0, 0.1) is 5.82 Å². The van der Waals surface area contributed by atoms with Gasteiger partial charge in [0, 0.05) is 41.7 Å². The summed E-state index contributed by atoms with van der Waals surface area (Å²) in [6.07, 6.45) is 7.97. The predicted molar refractivity (Wildman–Crippen MR) is 127 cm³/mol. The van der Waals surface area contributed by atoms with Crippen molar-refractivity contribution in [2.45, 2.75) is 31.7 Å². The first-order chi connectivity index (χ1) is 17.1. The molecule has 0 bridgehead atoms. The van der Waals surface area contributed by atoms with Crippen molar-refractivity contribution in [3.05, 3.63) is 66.1 Å². The Morgan fingerprint density at radius 1 is 1.14 bits per heavy atom. The number of piperidine rings is 1. The standard InChI is InChI=1S/C25H27FN6O3/c1-34-23-5-3-4-22(26)21(23)9-7-18-6-8-20(24-29-27-16-31(18)24)17-14-28-32(15-17)19-10-12-30(13-11-19)25(33)35-2/h3-6,8,14-16,19H,7,9-13H2,1-2H3. The first kappa shape index (κ1) is 22.8. The molecular weight excluding hydrogens is 451 g/mol. The maximum Gasteiger partial charge on any atom is 0.409 e. The van der Waals surface area contributed by atoms with Crippen molar-refractivity contribution in [2.24, 2.45) is 0 Å². The number of hydrogen-bond donors (Lipinski definition) is 0. The van der Waals surface area contributed by atoms with E-state index in [1.54, 1.807) is 30.5 Å². The van der Waals surface area contributed by atoms with E-state index in [2.05, 4.69) is 15.3 Å². The minimum Gasteiger partial charge on any atom is -0.496 e. The van der Waals surface area contributed by atoms with E-state index in [1.165, 1.54) is 13.2 Å². The summed E-state index contributed by atoms with van der Waals surface area (Å²) in [5.41, 5.74) is 4.12. The van der Waals surface area contributed by atoms with Gasteiger partial charge in [0.15, 0.2) is 5.65 Å². The molecule has 0 aliphatic carbocycles. The van der Waals surface area contributed by atoms with Crippen LogP contribution in [0.3, 0.4) is 0 Å². The highest BCUT2D eigenvalue weighted by Crippen LogP contribution is 2.29. The number of fused-ring (bicyclic) bond motifs is 1. The molecule has 1 aliphatic rings. The third kappa shape index (κ3) is 4.43. The van der Waals surface area contributed by atoms with E-state index in [0.717, 1.165) is 35.3 Å². The predicted octanol–water partition coefficient (Wildman–Crippen LogP) is 3.93. The number of likely N-dealkylation sites (tertiary alicyclic amines) is 1. The van der Waals surface area contributed by atoms with Crippen molar-refractivity contribution in [3.63, 3.8) is 0 Å². The van der Waals surface area contributed by atoms with Gasteiger partial charge in [-0.3, -0.25) is 9.08 Å². The van der Waals surface area contributed by atoms with Gasteiger partial charge in [-0.15, -0.1) is 10.2 Å². The summed E-state index contributed by atoms with van der Waals surface area (Å²) in [6.45, 7) is 1.28. The Kier molecular flexibility index (Phi) is 6.35. The van der Waals surface area contributed by atoms with Crippen molar-refractivity contribution in [2.75, 3.05) is 27.3 Å². The van der Waals surface area contributed by atoms with E-state index in [1.807, 2.05) is 33.6 Å². The Balaban J connectivity index is 1.34. The maximum absolute atomic E-state index is 14.4. The minimum absolute atomic E-state index is 0.216. The van der Waals surface area contributed by atoms with Crippen LogP contribution >= 0.6 is 0 Å². The number of benzene rings is 1. The summed E-state index contributed by atoms with van der Waals surface area (Å²) in [7, 11) is 2.95. The van der Waals surface area contributed by atoms with Crippen molar-refractivity contribution in [1.82, 2.24) is 29.3 Å². The van der Waals surface area contributed by atoms with Gasteiger partial charge >= 0.3 is 6.09 Å². The largest absolute Gasteiger partial charge is 0.496 e. The van der Waals surface area contributed by atoms with Gasteiger partial charge in [0.25, 0.3) is 0 Å². The first-order valence-electron chi connectivity index (χ1n) is 11.6. The average molecular weight is 479 g/mol. The topological polar surface area (TPSA) is 86.8 Å². The molecule has 10 heteroatoms. The van der Waals surface area contributed by atoms with Gasteiger partial charge in [0.05, 0.1) is 26.5 Å². The molecule has 1 aromatic carbocycles. The highest BCUT2D eigenvalue weighted by Gasteiger charge is 2.25. The lowest BCUT2D eigenvalue weighted by molar-refractivity contribution is 0.105. The fourth-order valence-electron chi connectivity index (χ4n) is 4.74. The quantitative estimate of drug-likeness (QED) is 0.417. The van der Waals surface area contributed by atoms with Crippen molar-refractivity contribution in [3.8, 4) is 16.9 Å². The summed E-state index contributed by atoms with van der Waals surface area (Å²) in [5, 5.41) is 13.1. The molecule has 1 fully saturated rings.